The zero-order valence-electron chi connectivity index (χ0n) is 19.5. The van der Waals surface area contributed by atoms with E-state index in [1.54, 1.807) is 36.4 Å². The number of aliphatic hydroxyl groups is 1. The third-order valence-electron chi connectivity index (χ3n) is 6.86. The fourth-order valence-corrected chi connectivity index (χ4v) is 6.62. The van der Waals surface area contributed by atoms with Crippen molar-refractivity contribution in [3.8, 4) is 11.5 Å². The summed E-state index contributed by atoms with van der Waals surface area (Å²) in [5.41, 5.74) is 1.40. The predicted molar refractivity (Wildman–Crippen MR) is 128 cm³/mol. The first-order chi connectivity index (χ1) is 17.3. The van der Waals surface area contributed by atoms with Gasteiger partial charge in [-0.15, -0.1) is 10.2 Å². The van der Waals surface area contributed by atoms with Crippen molar-refractivity contribution in [2.75, 3.05) is 17.4 Å². The van der Waals surface area contributed by atoms with Gasteiger partial charge in [0.05, 0.1) is 34.8 Å². The smallest absolute Gasteiger partial charge is 0.314 e. The van der Waals surface area contributed by atoms with Gasteiger partial charge in [-0.05, 0) is 63.0 Å². The molecule has 2 aliphatic rings. The molecule has 9 nitrogen and oxygen atoms in total. The van der Waals surface area contributed by atoms with Crippen LogP contribution in [0, 0.1) is 0 Å². The van der Waals surface area contributed by atoms with E-state index in [1.807, 2.05) is 6.07 Å². The Hall–Kier alpha value is -2.96. The van der Waals surface area contributed by atoms with Crippen LogP contribution in [0.4, 0.5) is 14.5 Å². The number of sulfonamides is 1. The molecule has 0 bridgehead atoms. The molecule has 192 valence electrons. The number of likely N-dealkylation sites (tertiary alicyclic amines) is 1. The molecule has 1 saturated heterocycles. The summed E-state index contributed by atoms with van der Waals surface area (Å²) in [5, 5.41) is 16.0. The number of aliphatic hydroxyl groups excluding tert-OH is 1. The summed E-state index contributed by atoms with van der Waals surface area (Å²) >= 11 is 0. The topological polar surface area (TPSA) is 113 Å². The van der Waals surface area contributed by atoms with Crippen LogP contribution in [0.3, 0.4) is 0 Å². The number of piperidine rings is 1. The zero-order chi connectivity index (χ0) is 25.3. The van der Waals surface area contributed by atoms with Crippen LogP contribution < -0.4 is 4.31 Å². The van der Waals surface area contributed by atoms with Gasteiger partial charge >= 0.3 is 6.43 Å². The molecule has 0 amide bonds. The molecule has 3 heterocycles. The summed E-state index contributed by atoms with van der Waals surface area (Å²) in [5.74, 6) is -0.849. The van der Waals surface area contributed by atoms with Gasteiger partial charge in [-0.2, -0.15) is 8.78 Å². The number of pyridine rings is 1. The van der Waals surface area contributed by atoms with Crippen LogP contribution in [0.5, 0.6) is 0 Å². The van der Waals surface area contributed by atoms with Crippen LogP contribution in [0.1, 0.15) is 43.7 Å². The Morgan fingerprint density at radius 2 is 1.81 bits per heavy atom. The van der Waals surface area contributed by atoms with Crippen LogP contribution >= 0.6 is 0 Å². The maximum atomic E-state index is 13.8. The van der Waals surface area contributed by atoms with Crippen molar-refractivity contribution in [2.24, 2.45) is 0 Å². The molecule has 1 aliphatic heterocycles. The maximum Gasteiger partial charge on any atom is 0.314 e. The Labute approximate surface area is 207 Å². The molecule has 3 aromatic rings. The number of hydrogen-bond donors (Lipinski definition) is 1. The third kappa shape index (κ3) is 5.11. The fourth-order valence-electron chi connectivity index (χ4n) is 4.73. The largest absolute Gasteiger partial charge is 0.415 e. The predicted octanol–water partition coefficient (Wildman–Crippen LogP) is 3.39. The molecular weight excluding hydrogens is 492 g/mol. The fraction of sp³-hybridized carbons (Fsp3) is 0.458. The van der Waals surface area contributed by atoms with Crippen molar-refractivity contribution in [1.82, 2.24) is 20.1 Å². The van der Waals surface area contributed by atoms with Crippen molar-refractivity contribution >= 4 is 15.7 Å². The van der Waals surface area contributed by atoms with Crippen molar-refractivity contribution in [3.63, 3.8) is 0 Å². The number of alkyl halides is 2. The highest BCUT2D eigenvalue weighted by Crippen LogP contribution is 2.32. The molecular formula is C24H27F2N5O4S. The SMILES string of the molecule is O=S(=O)(C1CCN(C2CC(O)C2)CC1)N(Cc1ccc(-c2nnc(C(F)F)o2)cn1)c1ccccc1. The number of halogens is 2. The summed E-state index contributed by atoms with van der Waals surface area (Å²) in [6, 6.07) is 12.5. The van der Waals surface area contributed by atoms with E-state index in [0.717, 1.165) is 12.8 Å². The Kier molecular flexibility index (Phi) is 7.00. The molecule has 0 unspecified atom stereocenters. The minimum absolute atomic E-state index is 0.0216. The number of para-hydroxylation sites is 1. The number of benzene rings is 1. The number of anilines is 1. The summed E-state index contributed by atoms with van der Waals surface area (Å²) in [6.45, 7) is 1.39. The first-order valence-electron chi connectivity index (χ1n) is 11.9. The maximum absolute atomic E-state index is 13.8. The van der Waals surface area contributed by atoms with Gasteiger partial charge in [0.25, 0.3) is 5.89 Å². The molecule has 1 aromatic carbocycles. The van der Waals surface area contributed by atoms with Gasteiger partial charge in [-0.25, -0.2) is 8.42 Å². The van der Waals surface area contributed by atoms with Crippen molar-refractivity contribution in [2.45, 2.75) is 56.0 Å². The number of hydrogen-bond acceptors (Lipinski definition) is 8. The highest BCUT2D eigenvalue weighted by Gasteiger charge is 2.39. The second kappa shape index (κ2) is 10.2. The van der Waals surface area contributed by atoms with E-state index in [9.17, 15) is 22.3 Å². The van der Waals surface area contributed by atoms with E-state index < -0.39 is 27.6 Å². The minimum atomic E-state index is -3.70. The Morgan fingerprint density at radius 3 is 2.39 bits per heavy atom. The number of nitrogens with zero attached hydrogens (tertiary/aromatic N) is 5. The molecule has 1 saturated carbocycles. The molecule has 0 radical (unpaired) electrons. The lowest BCUT2D eigenvalue weighted by molar-refractivity contribution is -0.00510. The van der Waals surface area contributed by atoms with Gasteiger partial charge < -0.3 is 14.4 Å². The van der Waals surface area contributed by atoms with E-state index in [-0.39, 0.29) is 18.5 Å². The lowest BCUT2D eigenvalue weighted by atomic mass is 9.87. The molecule has 2 fully saturated rings. The average Bonchev–Trinajstić information content (AvgIpc) is 3.37. The van der Waals surface area contributed by atoms with Gasteiger partial charge in [0.1, 0.15) is 0 Å². The second-order valence-electron chi connectivity index (χ2n) is 9.19. The summed E-state index contributed by atoms with van der Waals surface area (Å²) in [6.07, 6.45) is 0.845. The van der Waals surface area contributed by atoms with Crippen LogP contribution in [0.2, 0.25) is 0 Å². The quantitative estimate of drug-likeness (QED) is 0.482. The van der Waals surface area contributed by atoms with Crippen molar-refractivity contribution < 1.29 is 26.7 Å². The Balaban J connectivity index is 1.33. The molecule has 1 aliphatic carbocycles. The van der Waals surface area contributed by atoms with Crippen molar-refractivity contribution in [1.29, 1.82) is 0 Å². The monoisotopic (exact) mass is 519 g/mol. The van der Waals surface area contributed by atoms with E-state index in [2.05, 4.69) is 20.1 Å². The number of rotatable bonds is 8. The average molecular weight is 520 g/mol. The summed E-state index contributed by atoms with van der Waals surface area (Å²) < 4.78 is 59.4. The Bertz CT molecular complexity index is 1260. The van der Waals surface area contributed by atoms with E-state index in [4.69, 9.17) is 4.42 Å². The Morgan fingerprint density at radius 1 is 1.08 bits per heavy atom. The van der Waals surface area contributed by atoms with Crippen LogP contribution in [0.25, 0.3) is 11.5 Å². The molecule has 1 N–H and O–H groups in total. The molecule has 0 spiro atoms. The van der Waals surface area contributed by atoms with Gasteiger partial charge in [0.2, 0.25) is 15.9 Å². The van der Waals surface area contributed by atoms with E-state index in [1.165, 1.54) is 10.5 Å². The normalized spacial score (nSPS) is 21.4. The molecule has 36 heavy (non-hydrogen) atoms. The van der Waals surface area contributed by atoms with Crippen LogP contribution in [0.15, 0.2) is 53.1 Å². The van der Waals surface area contributed by atoms with E-state index >= 15 is 0 Å². The second-order valence-corrected chi connectivity index (χ2v) is 11.3. The third-order valence-corrected chi connectivity index (χ3v) is 9.13. The highest BCUT2D eigenvalue weighted by molar-refractivity contribution is 7.93. The lowest BCUT2D eigenvalue weighted by Gasteiger charge is -2.44. The van der Waals surface area contributed by atoms with Crippen molar-refractivity contribution in [3.05, 3.63) is 60.2 Å². The first-order valence-corrected chi connectivity index (χ1v) is 13.4. The summed E-state index contributed by atoms with van der Waals surface area (Å²) in [4.78, 5) is 6.62. The molecule has 12 heteroatoms. The van der Waals surface area contributed by atoms with Crippen LogP contribution in [-0.2, 0) is 16.6 Å². The standard InChI is InChI=1S/C24H27F2N5O4S/c25-22(26)24-29-28-23(35-24)16-6-7-17(27-14-16)15-31(18-4-2-1-3-5-18)36(33,34)21-8-10-30(11-9-21)19-12-20(32)13-19/h1-7,14,19-22,32H,8-13,15H2. The molecule has 5 rings (SSSR count). The van der Waals surface area contributed by atoms with Crippen LogP contribution in [-0.4, -0.2) is 64.1 Å². The zero-order valence-corrected chi connectivity index (χ0v) is 20.3. The highest BCUT2D eigenvalue weighted by atomic mass is 32.2. The van der Waals surface area contributed by atoms with Gasteiger partial charge in [0, 0.05) is 12.2 Å². The lowest BCUT2D eigenvalue weighted by Crippen LogP contribution is -2.52. The number of aromatic nitrogens is 3. The molecule has 2 aromatic heterocycles. The van der Waals surface area contributed by atoms with Gasteiger partial charge in [-0.3, -0.25) is 9.29 Å². The van der Waals surface area contributed by atoms with Gasteiger partial charge in [-0.1, -0.05) is 18.2 Å². The minimum Gasteiger partial charge on any atom is -0.415 e. The van der Waals surface area contributed by atoms with Gasteiger partial charge in [0.15, 0.2) is 0 Å². The molecule has 0 atom stereocenters. The first kappa shape index (κ1) is 24.7. The summed E-state index contributed by atoms with van der Waals surface area (Å²) in [7, 11) is -3.70. The van der Waals surface area contributed by atoms with E-state index in [0.29, 0.717) is 48.9 Å².